The van der Waals surface area contributed by atoms with Crippen molar-refractivity contribution >= 4 is 5.97 Å². The van der Waals surface area contributed by atoms with E-state index in [4.69, 9.17) is 4.74 Å². The lowest BCUT2D eigenvalue weighted by atomic mass is 9.91. The van der Waals surface area contributed by atoms with Crippen molar-refractivity contribution in [1.82, 2.24) is 10.2 Å². The van der Waals surface area contributed by atoms with E-state index in [0.29, 0.717) is 12.0 Å². The number of likely N-dealkylation sites (tertiary alicyclic amines) is 1. The molecule has 1 saturated heterocycles. The average molecular weight is 282 g/mol. The third kappa shape index (κ3) is 3.34. The molecule has 1 N–H and O–H groups in total. The van der Waals surface area contributed by atoms with Crippen molar-refractivity contribution in [2.24, 2.45) is 5.92 Å². The van der Waals surface area contributed by atoms with Crippen LogP contribution in [0.4, 0.5) is 0 Å². The number of hydrogen-bond acceptors (Lipinski definition) is 4. The minimum absolute atomic E-state index is 0.0710. The molecule has 2 rings (SSSR count). The normalized spacial score (nSPS) is 27.6. The fourth-order valence-electron chi connectivity index (χ4n) is 3.60. The Morgan fingerprint density at radius 1 is 1.30 bits per heavy atom. The molecule has 0 radical (unpaired) electrons. The van der Waals surface area contributed by atoms with Crippen LogP contribution in [0, 0.1) is 5.92 Å². The second kappa shape index (κ2) is 6.90. The van der Waals surface area contributed by atoms with Crippen molar-refractivity contribution in [2.45, 2.75) is 64.0 Å². The predicted octanol–water partition coefficient (Wildman–Crippen LogP) is 2.18. The molecule has 4 nitrogen and oxygen atoms in total. The van der Waals surface area contributed by atoms with E-state index < -0.39 is 5.54 Å². The summed E-state index contributed by atoms with van der Waals surface area (Å²) in [4.78, 5) is 15.0. The van der Waals surface area contributed by atoms with Crippen LogP contribution >= 0.6 is 0 Å². The Morgan fingerprint density at radius 2 is 2.05 bits per heavy atom. The summed E-state index contributed by atoms with van der Waals surface area (Å²) >= 11 is 0. The second-order valence-electron chi connectivity index (χ2n) is 6.44. The minimum atomic E-state index is -0.484. The lowest BCUT2D eigenvalue weighted by Crippen LogP contribution is -2.62. The molecule has 1 saturated carbocycles. The Balaban J connectivity index is 2.15. The molecule has 0 aromatic heterocycles. The molecule has 20 heavy (non-hydrogen) atoms. The Hall–Kier alpha value is -0.610. The van der Waals surface area contributed by atoms with E-state index in [0.717, 1.165) is 32.5 Å². The Morgan fingerprint density at radius 3 is 2.65 bits per heavy atom. The van der Waals surface area contributed by atoms with Crippen LogP contribution in [0.15, 0.2) is 0 Å². The minimum Gasteiger partial charge on any atom is -0.468 e. The smallest absolute Gasteiger partial charge is 0.327 e. The lowest BCUT2D eigenvalue weighted by Gasteiger charge is -2.39. The maximum Gasteiger partial charge on any atom is 0.327 e. The van der Waals surface area contributed by atoms with E-state index in [1.807, 2.05) is 0 Å². The van der Waals surface area contributed by atoms with E-state index in [1.54, 1.807) is 0 Å². The van der Waals surface area contributed by atoms with Crippen molar-refractivity contribution in [3.63, 3.8) is 0 Å². The van der Waals surface area contributed by atoms with E-state index in [2.05, 4.69) is 24.1 Å². The molecule has 4 heteroatoms. The van der Waals surface area contributed by atoms with Gasteiger partial charge in [-0.15, -0.1) is 0 Å². The van der Waals surface area contributed by atoms with Crippen molar-refractivity contribution in [3.8, 4) is 0 Å². The summed E-state index contributed by atoms with van der Waals surface area (Å²) < 4.78 is 5.15. The molecular formula is C16H30N2O2. The molecule has 2 fully saturated rings. The fourth-order valence-corrected chi connectivity index (χ4v) is 3.60. The lowest BCUT2D eigenvalue weighted by molar-refractivity contribution is -0.151. The summed E-state index contributed by atoms with van der Waals surface area (Å²) in [5.74, 6) is 0.378. The number of carbonyl (C=O) groups is 1. The molecule has 0 aromatic carbocycles. The topological polar surface area (TPSA) is 41.6 Å². The number of hydrogen-bond donors (Lipinski definition) is 1. The number of rotatable bonds is 6. The third-order valence-electron chi connectivity index (χ3n) is 4.96. The molecule has 0 spiro atoms. The first kappa shape index (κ1) is 15.8. The number of nitrogens with zero attached hydrogens (tertiary/aromatic N) is 1. The number of carbonyl (C=O) groups excluding carboxylic acids is 1. The van der Waals surface area contributed by atoms with Crippen molar-refractivity contribution in [1.29, 1.82) is 0 Å². The first-order valence-corrected chi connectivity index (χ1v) is 8.21. The van der Waals surface area contributed by atoms with Gasteiger partial charge < -0.3 is 10.1 Å². The summed E-state index contributed by atoms with van der Waals surface area (Å²) in [7, 11) is 1.52. The van der Waals surface area contributed by atoms with Gasteiger partial charge in [0.2, 0.25) is 0 Å². The summed E-state index contributed by atoms with van der Waals surface area (Å²) in [5, 5.41) is 3.48. The molecule has 0 aromatic rings. The van der Waals surface area contributed by atoms with Gasteiger partial charge in [-0.25, -0.2) is 4.79 Å². The van der Waals surface area contributed by atoms with Crippen LogP contribution in [0.2, 0.25) is 0 Å². The average Bonchev–Trinajstić information content (AvgIpc) is 3.27. The summed E-state index contributed by atoms with van der Waals surface area (Å²) in [5.41, 5.74) is -0.484. The summed E-state index contributed by atoms with van der Waals surface area (Å²) in [6, 6.07) is 0.568. The molecule has 116 valence electrons. The van der Waals surface area contributed by atoms with E-state index >= 15 is 0 Å². The monoisotopic (exact) mass is 282 g/mol. The largest absolute Gasteiger partial charge is 0.468 e. The van der Waals surface area contributed by atoms with Crippen LogP contribution in [0.3, 0.4) is 0 Å². The Labute approximate surface area is 123 Å². The van der Waals surface area contributed by atoms with E-state index in [1.165, 1.54) is 32.8 Å². The standard InChI is InChI=1S/C16H30N2O2/c1-4-17-16(14-9-10-14,15(19)20-3)12-18-11-7-5-6-8-13(18)2/h13-14,17H,4-12H2,1-3H3. The first-order chi connectivity index (χ1) is 9.64. The van der Waals surface area contributed by atoms with Crippen LogP contribution in [0.1, 0.15) is 52.4 Å². The third-order valence-corrected chi connectivity index (χ3v) is 4.96. The van der Waals surface area contributed by atoms with Gasteiger partial charge in [-0.05, 0) is 51.6 Å². The number of likely N-dealkylation sites (N-methyl/N-ethyl adjacent to an activating group) is 1. The van der Waals surface area contributed by atoms with Gasteiger partial charge in [-0.3, -0.25) is 4.90 Å². The van der Waals surface area contributed by atoms with Crippen molar-refractivity contribution in [3.05, 3.63) is 0 Å². The van der Waals surface area contributed by atoms with Crippen LogP contribution < -0.4 is 5.32 Å². The molecular weight excluding hydrogens is 252 g/mol. The number of nitrogens with one attached hydrogen (secondary N) is 1. The molecule has 1 aliphatic heterocycles. The zero-order valence-corrected chi connectivity index (χ0v) is 13.3. The van der Waals surface area contributed by atoms with Crippen molar-refractivity contribution < 1.29 is 9.53 Å². The van der Waals surface area contributed by atoms with Crippen LogP contribution in [0.25, 0.3) is 0 Å². The molecule has 1 aliphatic carbocycles. The summed E-state index contributed by atoms with van der Waals surface area (Å²) in [6.07, 6.45) is 7.41. The number of methoxy groups -OCH3 is 1. The van der Waals surface area contributed by atoms with Gasteiger partial charge in [-0.1, -0.05) is 19.8 Å². The van der Waals surface area contributed by atoms with Gasteiger partial charge in [0.1, 0.15) is 5.54 Å². The number of esters is 1. The highest BCUT2D eigenvalue weighted by atomic mass is 16.5. The zero-order chi connectivity index (χ0) is 14.6. The molecule has 1 heterocycles. The first-order valence-electron chi connectivity index (χ1n) is 8.21. The van der Waals surface area contributed by atoms with E-state index in [-0.39, 0.29) is 5.97 Å². The van der Waals surface area contributed by atoms with Gasteiger partial charge in [0.25, 0.3) is 0 Å². The van der Waals surface area contributed by atoms with Gasteiger partial charge in [0.15, 0.2) is 0 Å². The Bertz CT molecular complexity index is 330. The van der Waals surface area contributed by atoms with Gasteiger partial charge in [0, 0.05) is 12.6 Å². The highest BCUT2D eigenvalue weighted by molar-refractivity contribution is 5.82. The predicted molar refractivity (Wildman–Crippen MR) is 80.7 cm³/mol. The van der Waals surface area contributed by atoms with Crippen LogP contribution in [-0.4, -0.2) is 49.2 Å². The highest BCUT2D eigenvalue weighted by Gasteiger charge is 2.52. The quantitative estimate of drug-likeness (QED) is 0.758. The molecule has 2 atom stereocenters. The van der Waals surface area contributed by atoms with E-state index in [9.17, 15) is 4.79 Å². The van der Waals surface area contributed by atoms with Crippen molar-refractivity contribution in [2.75, 3.05) is 26.7 Å². The Kier molecular flexibility index (Phi) is 5.44. The van der Waals surface area contributed by atoms with Gasteiger partial charge in [-0.2, -0.15) is 0 Å². The fraction of sp³-hybridized carbons (Fsp3) is 0.938. The zero-order valence-electron chi connectivity index (χ0n) is 13.3. The molecule has 0 amide bonds. The van der Waals surface area contributed by atoms with Gasteiger partial charge >= 0.3 is 5.97 Å². The second-order valence-corrected chi connectivity index (χ2v) is 6.44. The molecule has 0 bridgehead atoms. The maximum atomic E-state index is 12.5. The highest BCUT2D eigenvalue weighted by Crippen LogP contribution is 2.41. The maximum absolute atomic E-state index is 12.5. The van der Waals surface area contributed by atoms with Crippen LogP contribution in [-0.2, 0) is 9.53 Å². The number of ether oxygens (including phenoxy) is 1. The summed E-state index contributed by atoms with van der Waals surface area (Å²) in [6.45, 7) is 7.10. The molecule has 2 aliphatic rings. The van der Waals surface area contributed by atoms with Gasteiger partial charge in [0.05, 0.1) is 7.11 Å². The SMILES string of the molecule is CCNC(CN1CCCCCC1C)(C(=O)OC)C1CC1. The molecule has 2 unspecified atom stereocenters. The van der Waals surface area contributed by atoms with Crippen LogP contribution in [0.5, 0.6) is 0 Å².